The maximum atomic E-state index is 13.2. The molecule has 3 aromatic heterocycles. The molecule has 0 fully saturated rings. The molecule has 0 bridgehead atoms. The van der Waals surface area contributed by atoms with Crippen molar-refractivity contribution in [3.05, 3.63) is 88.6 Å². The Bertz CT molecular complexity index is 1560. The van der Waals surface area contributed by atoms with E-state index in [1.807, 2.05) is 56.7 Å². The predicted octanol–water partition coefficient (Wildman–Crippen LogP) is 4.27. The van der Waals surface area contributed by atoms with Gasteiger partial charge in [-0.3, -0.25) is 9.78 Å². The van der Waals surface area contributed by atoms with E-state index in [1.54, 1.807) is 12.3 Å². The van der Waals surface area contributed by atoms with Crippen molar-refractivity contribution in [3.63, 3.8) is 0 Å². The van der Waals surface area contributed by atoms with Gasteiger partial charge >= 0.3 is 0 Å². The van der Waals surface area contributed by atoms with E-state index in [9.17, 15) is 13.2 Å². The molecule has 0 unspecified atom stereocenters. The molecule has 0 aliphatic heterocycles. The molecule has 36 heavy (non-hydrogen) atoms. The molecule has 9 nitrogen and oxygen atoms in total. The molecule has 1 aromatic carbocycles. The number of nitrogens with one attached hydrogen (secondary N) is 1. The van der Waals surface area contributed by atoms with Crippen LogP contribution in [0.1, 0.15) is 32.6 Å². The van der Waals surface area contributed by atoms with Crippen LogP contribution in [0.3, 0.4) is 0 Å². The summed E-state index contributed by atoms with van der Waals surface area (Å²) < 4.78 is 33.8. The summed E-state index contributed by atoms with van der Waals surface area (Å²) in [4.78, 5) is 25.9. The highest BCUT2D eigenvalue weighted by Crippen LogP contribution is 2.32. The molecule has 10 heteroatoms. The Morgan fingerprint density at radius 2 is 1.61 bits per heavy atom. The van der Waals surface area contributed by atoms with Gasteiger partial charge in [-0.05, 0) is 80.8 Å². The van der Waals surface area contributed by atoms with E-state index in [2.05, 4.69) is 15.0 Å². The Morgan fingerprint density at radius 3 is 2.28 bits per heavy atom. The van der Waals surface area contributed by atoms with Crippen molar-refractivity contribution in [1.82, 2.24) is 19.7 Å². The average Bonchev–Trinajstić information content (AvgIpc) is 2.81. The van der Waals surface area contributed by atoms with E-state index < -0.39 is 15.9 Å². The number of carbonyl (C=O) groups excluding carboxylic acids is 1. The highest BCUT2D eigenvalue weighted by molar-refractivity contribution is 7.90. The van der Waals surface area contributed by atoms with E-state index in [-0.39, 0.29) is 22.3 Å². The number of benzene rings is 1. The standard InChI is InChI=1S/C26H25N5O4S/c1-15-10-11-28-21(14-15)20-9-8-19(25(32)31-36(33,34)23-7-5-6-22(27)30-23)26(29-20)35-24-17(3)12-16(2)13-18(24)4/h5-14H,1-4H3,(H2,27,30)(H,31,32). The molecule has 1 amide bonds. The Hall–Kier alpha value is -4.31. The second kappa shape index (κ2) is 9.74. The molecular weight excluding hydrogens is 478 g/mol. The van der Waals surface area contributed by atoms with E-state index in [0.717, 1.165) is 22.3 Å². The van der Waals surface area contributed by atoms with Crippen molar-refractivity contribution >= 4 is 21.7 Å². The summed E-state index contributed by atoms with van der Waals surface area (Å²) in [6.07, 6.45) is 1.66. The average molecular weight is 504 g/mol. The Balaban J connectivity index is 1.78. The first-order chi connectivity index (χ1) is 17.0. The van der Waals surface area contributed by atoms with Crippen molar-refractivity contribution in [3.8, 4) is 23.0 Å². The number of nitrogens with two attached hydrogens (primary N) is 1. The summed E-state index contributed by atoms with van der Waals surface area (Å²) in [5, 5.41) is -0.378. The minimum atomic E-state index is -4.30. The predicted molar refractivity (Wildman–Crippen MR) is 136 cm³/mol. The van der Waals surface area contributed by atoms with E-state index in [1.165, 1.54) is 24.3 Å². The zero-order valence-corrected chi connectivity index (χ0v) is 21.1. The molecule has 184 valence electrons. The minimum absolute atomic E-state index is 0.0105. The van der Waals surface area contributed by atoms with E-state index in [4.69, 9.17) is 10.5 Å². The molecule has 0 aliphatic rings. The van der Waals surface area contributed by atoms with Crippen LogP contribution >= 0.6 is 0 Å². The molecule has 4 aromatic rings. The fourth-order valence-corrected chi connectivity index (χ4v) is 4.69. The molecule has 3 heterocycles. The number of nitrogens with zero attached hydrogens (tertiary/aromatic N) is 3. The van der Waals surface area contributed by atoms with Crippen molar-refractivity contribution < 1.29 is 17.9 Å². The van der Waals surface area contributed by atoms with Gasteiger partial charge in [-0.15, -0.1) is 0 Å². The van der Waals surface area contributed by atoms with Gasteiger partial charge in [0.05, 0.1) is 11.4 Å². The lowest BCUT2D eigenvalue weighted by atomic mass is 10.1. The SMILES string of the molecule is Cc1ccnc(-c2ccc(C(=O)NS(=O)(=O)c3cccc(N)n3)c(Oc3c(C)cc(C)cc3C)n2)c1. The number of aromatic nitrogens is 3. The molecule has 0 aliphatic carbocycles. The smallest absolute Gasteiger partial charge is 0.281 e. The number of hydrogen-bond acceptors (Lipinski definition) is 8. The largest absolute Gasteiger partial charge is 0.438 e. The lowest BCUT2D eigenvalue weighted by molar-refractivity contribution is 0.0978. The number of carbonyl (C=O) groups is 1. The summed E-state index contributed by atoms with van der Waals surface area (Å²) in [5.74, 6) is -0.444. The lowest BCUT2D eigenvalue weighted by Gasteiger charge is -2.16. The first-order valence-electron chi connectivity index (χ1n) is 11.0. The van der Waals surface area contributed by atoms with Crippen molar-refractivity contribution in [1.29, 1.82) is 0 Å². The van der Waals surface area contributed by atoms with Gasteiger partial charge in [0.2, 0.25) is 5.88 Å². The lowest BCUT2D eigenvalue weighted by Crippen LogP contribution is -2.31. The van der Waals surface area contributed by atoms with Gasteiger partial charge < -0.3 is 10.5 Å². The summed E-state index contributed by atoms with van der Waals surface area (Å²) in [7, 11) is -4.30. The van der Waals surface area contributed by atoms with Crippen LogP contribution in [0, 0.1) is 27.7 Å². The van der Waals surface area contributed by atoms with Crippen LogP contribution in [-0.2, 0) is 10.0 Å². The highest BCUT2D eigenvalue weighted by atomic mass is 32.2. The maximum Gasteiger partial charge on any atom is 0.281 e. The zero-order chi connectivity index (χ0) is 26.0. The van der Waals surface area contributed by atoms with Gasteiger partial charge in [0.1, 0.15) is 17.1 Å². The normalized spacial score (nSPS) is 11.2. The van der Waals surface area contributed by atoms with Crippen LogP contribution in [0.5, 0.6) is 11.6 Å². The summed E-state index contributed by atoms with van der Waals surface area (Å²) in [6.45, 7) is 7.67. The second-order valence-electron chi connectivity index (χ2n) is 8.43. The molecule has 0 radical (unpaired) electrons. The van der Waals surface area contributed by atoms with Crippen LogP contribution in [0.2, 0.25) is 0 Å². The number of anilines is 1. The van der Waals surface area contributed by atoms with Crippen molar-refractivity contribution in [2.24, 2.45) is 0 Å². The maximum absolute atomic E-state index is 13.2. The molecule has 0 atom stereocenters. The van der Waals surface area contributed by atoms with Crippen LogP contribution in [0.15, 0.2) is 65.8 Å². The van der Waals surface area contributed by atoms with Gasteiger partial charge in [-0.25, -0.2) is 14.7 Å². The molecule has 0 saturated carbocycles. The number of nitrogen functional groups attached to an aromatic ring is 1. The fraction of sp³-hybridized carbons (Fsp3) is 0.154. The molecule has 3 N–H and O–H groups in total. The van der Waals surface area contributed by atoms with Crippen LogP contribution in [0.25, 0.3) is 11.4 Å². The second-order valence-corrected chi connectivity index (χ2v) is 10.1. The summed E-state index contributed by atoms with van der Waals surface area (Å²) in [6, 6.07) is 14.8. The van der Waals surface area contributed by atoms with Gasteiger partial charge in [0, 0.05) is 6.20 Å². The van der Waals surface area contributed by atoms with Crippen LogP contribution < -0.4 is 15.2 Å². The third kappa shape index (κ3) is 5.33. The third-order valence-corrected chi connectivity index (χ3v) is 6.57. The molecular formula is C26H25N5O4S. The fourth-order valence-electron chi connectivity index (χ4n) is 3.74. The van der Waals surface area contributed by atoms with Crippen molar-refractivity contribution in [2.75, 3.05) is 5.73 Å². The number of hydrogen-bond donors (Lipinski definition) is 2. The number of amides is 1. The quantitative estimate of drug-likeness (QED) is 0.398. The zero-order valence-electron chi connectivity index (χ0n) is 20.2. The van der Waals surface area contributed by atoms with Gasteiger partial charge in [0.25, 0.3) is 15.9 Å². The van der Waals surface area contributed by atoms with Crippen LogP contribution in [-0.4, -0.2) is 29.3 Å². The number of sulfonamides is 1. The Labute approximate surface area is 209 Å². The van der Waals surface area contributed by atoms with Gasteiger partial charge in [-0.2, -0.15) is 8.42 Å². The number of pyridine rings is 3. The monoisotopic (exact) mass is 503 g/mol. The van der Waals surface area contributed by atoms with Crippen molar-refractivity contribution in [2.45, 2.75) is 32.7 Å². The summed E-state index contributed by atoms with van der Waals surface area (Å²) >= 11 is 0. The van der Waals surface area contributed by atoms with E-state index >= 15 is 0 Å². The van der Waals surface area contributed by atoms with E-state index in [0.29, 0.717) is 17.1 Å². The Morgan fingerprint density at radius 1 is 0.889 bits per heavy atom. The summed E-state index contributed by atoms with van der Waals surface area (Å²) in [5.41, 5.74) is 10.3. The number of rotatable bonds is 6. The Kier molecular flexibility index (Phi) is 6.71. The van der Waals surface area contributed by atoms with Crippen LogP contribution in [0.4, 0.5) is 5.82 Å². The first-order valence-corrected chi connectivity index (χ1v) is 12.5. The first kappa shape index (κ1) is 24.8. The van der Waals surface area contributed by atoms with Gasteiger partial charge in [-0.1, -0.05) is 23.8 Å². The number of ether oxygens (including phenoxy) is 1. The third-order valence-electron chi connectivity index (χ3n) is 5.33. The molecule has 0 saturated heterocycles. The number of aryl methyl sites for hydroxylation is 4. The minimum Gasteiger partial charge on any atom is -0.438 e. The molecule has 4 rings (SSSR count). The highest BCUT2D eigenvalue weighted by Gasteiger charge is 2.25. The van der Waals surface area contributed by atoms with Gasteiger partial charge in [0.15, 0.2) is 5.03 Å². The topological polar surface area (TPSA) is 137 Å². The molecule has 0 spiro atoms.